The van der Waals surface area contributed by atoms with Crippen LogP contribution in [0, 0.1) is 0 Å². The van der Waals surface area contributed by atoms with Gasteiger partial charge in [0.15, 0.2) is 0 Å². The quantitative estimate of drug-likeness (QED) is 0.772. The van der Waals surface area contributed by atoms with Crippen molar-refractivity contribution in [2.24, 2.45) is 0 Å². The molecule has 0 bridgehead atoms. The Kier molecular flexibility index (Phi) is 7.08. The molecule has 6 nitrogen and oxygen atoms in total. The highest BCUT2D eigenvalue weighted by atomic mass is 16.2. The molecule has 0 atom stereocenters. The van der Waals surface area contributed by atoms with Crippen LogP contribution < -0.4 is 0 Å². The summed E-state index contributed by atoms with van der Waals surface area (Å²) in [4.78, 5) is 32.4. The molecule has 28 heavy (non-hydrogen) atoms. The van der Waals surface area contributed by atoms with Crippen molar-refractivity contribution in [3.63, 3.8) is 0 Å². The molecule has 0 N–H and O–H groups in total. The third kappa shape index (κ3) is 5.55. The average molecular weight is 387 g/mol. The summed E-state index contributed by atoms with van der Waals surface area (Å²) < 4.78 is 0. The van der Waals surface area contributed by atoms with Crippen LogP contribution >= 0.6 is 0 Å². The Morgan fingerprint density at radius 2 is 1.36 bits per heavy atom. The van der Waals surface area contributed by atoms with Crippen LogP contribution in [-0.4, -0.2) is 90.3 Å². The molecule has 154 valence electrons. The van der Waals surface area contributed by atoms with Crippen LogP contribution in [0.1, 0.15) is 37.8 Å². The Morgan fingerprint density at radius 3 is 1.89 bits per heavy atom. The Hall–Kier alpha value is -1.92. The molecule has 0 spiro atoms. The van der Waals surface area contributed by atoms with Crippen molar-refractivity contribution in [2.45, 2.75) is 33.2 Å². The molecule has 0 aliphatic carbocycles. The molecular formula is C22H34N4O2. The lowest BCUT2D eigenvalue weighted by molar-refractivity contribution is -0.139. The first kappa shape index (κ1) is 20.8. The highest BCUT2D eigenvalue weighted by Gasteiger charge is 2.25. The van der Waals surface area contributed by atoms with E-state index in [-0.39, 0.29) is 11.8 Å². The second kappa shape index (κ2) is 9.52. The fourth-order valence-corrected chi connectivity index (χ4v) is 3.93. The minimum Gasteiger partial charge on any atom is -0.339 e. The predicted molar refractivity (Wildman–Crippen MR) is 111 cm³/mol. The van der Waals surface area contributed by atoms with Crippen molar-refractivity contribution in [3.05, 3.63) is 35.4 Å². The molecule has 3 rings (SSSR count). The summed E-state index contributed by atoms with van der Waals surface area (Å²) in [6.45, 7) is 14.0. The number of carbonyl (C=O) groups excluding carboxylic acids is 2. The van der Waals surface area contributed by atoms with Gasteiger partial charge >= 0.3 is 0 Å². The van der Waals surface area contributed by atoms with E-state index in [2.05, 4.69) is 47.9 Å². The van der Waals surface area contributed by atoms with Crippen LogP contribution in [0.25, 0.3) is 0 Å². The summed E-state index contributed by atoms with van der Waals surface area (Å²) in [6.07, 6.45) is 0. The van der Waals surface area contributed by atoms with Crippen molar-refractivity contribution < 1.29 is 9.59 Å². The average Bonchev–Trinajstić information content (AvgIpc) is 2.70. The van der Waals surface area contributed by atoms with E-state index in [9.17, 15) is 9.59 Å². The van der Waals surface area contributed by atoms with Crippen molar-refractivity contribution >= 4 is 11.8 Å². The largest absolute Gasteiger partial charge is 0.339 e. The van der Waals surface area contributed by atoms with Gasteiger partial charge in [-0.2, -0.15) is 0 Å². The maximum Gasteiger partial charge on any atom is 0.236 e. The number of carbonyl (C=O) groups is 2. The van der Waals surface area contributed by atoms with Crippen LogP contribution in [-0.2, 0) is 16.1 Å². The van der Waals surface area contributed by atoms with Gasteiger partial charge in [-0.3, -0.25) is 19.4 Å². The zero-order valence-corrected chi connectivity index (χ0v) is 17.6. The summed E-state index contributed by atoms with van der Waals surface area (Å²) in [5.41, 5.74) is 2.74. The van der Waals surface area contributed by atoms with Crippen LogP contribution in [0.15, 0.2) is 24.3 Å². The third-order valence-electron chi connectivity index (χ3n) is 5.95. The molecule has 0 radical (unpaired) electrons. The number of hydrogen-bond acceptors (Lipinski definition) is 4. The zero-order valence-electron chi connectivity index (χ0n) is 17.6. The lowest BCUT2D eigenvalue weighted by atomic mass is 10.0. The predicted octanol–water partition coefficient (Wildman–Crippen LogP) is 1.62. The molecule has 2 aliphatic rings. The highest BCUT2D eigenvalue weighted by molar-refractivity contribution is 5.79. The second-order valence-corrected chi connectivity index (χ2v) is 8.34. The van der Waals surface area contributed by atoms with Gasteiger partial charge in [-0.25, -0.2) is 0 Å². The molecule has 0 unspecified atom stereocenters. The standard InChI is InChI=1S/C22H34N4O2/c1-18(2)21-6-4-20(5-7-21)16-23-8-10-24(11-9-23)17-22(28)26-14-12-25(13-15-26)19(3)27/h4-7,18H,8-17H2,1-3H3. The van der Waals surface area contributed by atoms with E-state index in [1.54, 1.807) is 6.92 Å². The zero-order chi connectivity index (χ0) is 20.1. The maximum atomic E-state index is 12.6. The van der Waals surface area contributed by atoms with Gasteiger partial charge in [-0.05, 0) is 17.0 Å². The topological polar surface area (TPSA) is 47.1 Å². The van der Waals surface area contributed by atoms with Gasteiger partial charge in [0.05, 0.1) is 6.54 Å². The molecule has 0 saturated carbocycles. The first-order valence-corrected chi connectivity index (χ1v) is 10.5. The number of benzene rings is 1. The lowest BCUT2D eigenvalue weighted by Gasteiger charge is -2.37. The molecular weight excluding hydrogens is 352 g/mol. The van der Waals surface area contributed by atoms with Crippen molar-refractivity contribution in [2.75, 3.05) is 58.9 Å². The molecule has 6 heteroatoms. The molecule has 2 saturated heterocycles. The van der Waals surface area contributed by atoms with Crippen LogP contribution in [0.3, 0.4) is 0 Å². The van der Waals surface area contributed by atoms with Crippen molar-refractivity contribution in [1.82, 2.24) is 19.6 Å². The second-order valence-electron chi connectivity index (χ2n) is 8.34. The number of nitrogens with zero attached hydrogens (tertiary/aromatic N) is 4. The van der Waals surface area contributed by atoms with Crippen LogP contribution in [0.5, 0.6) is 0 Å². The number of rotatable bonds is 5. The third-order valence-corrected chi connectivity index (χ3v) is 5.95. The Labute approximate surface area is 169 Å². The summed E-state index contributed by atoms with van der Waals surface area (Å²) in [5, 5.41) is 0. The molecule has 2 fully saturated rings. The first-order chi connectivity index (χ1) is 13.4. The monoisotopic (exact) mass is 386 g/mol. The van der Waals surface area contributed by atoms with Crippen LogP contribution in [0.4, 0.5) is 0 Å². The van der Waals surface area contributed by atoms with E-state index in [4.69, 9.17) is 0 Å². The Bertz CT molecular complexity index is 658. The first-order valence-electron chi connectivity index (χ1n) is 10.5. The van der Waals surface area contributed by atoms with Crippen molar-refractivity contribution in [3.8, 4) is 0 Å². The van der Waals surface area contributed by atoms with Gasteiger partial charge in [0, 0.05) is 65.8 Å². The molecule has 2 heterocycles. The van der Waals surface area contributed by atoms with Crippen molar-refractivity contribution in [1.29, 1.82) is 0 Å². The van der Waals surface area contributed by atoms with E-state index in [0.29, 0.717) is 38.6 Å². The maximum absolute atomic E-state index is 12.6. The van der Waals surface area contributed by atoms with Gasteiger partial charge in [-0.1, -0.05) is 38.1 Å². The van der Waals surface area contributed by atoms with Gasteiger partial charge in [0.25, 0.3) is 0 Å². The summed E-state index contributed by atoms with van der Waals surface area (Å²) in [5.74, 6) is 0.864. The van der Waals surface area contributed by atoms with Crippen LogP contribution in [0.2, 0.25) is 0 Å². The van der Waals surface area contributed by atoms with E-state index in [1.165, 1.54) is 11.1 Å². The highest BCUT2D eigenvalue weighted by Crippen LogP contribution is 2.16. The van der Waals surface area contributed by atoms with E-state index >= 15 is 0 Å². The molecule has 2 amide bonds. The molecule has 0 aromatic heterocycles. The molecule has 1 aromatic rings. The van der Waals surface area contributed by atoms with E-state index in [0.717, 1.165) is 32.7 Å². The minimum atomic E-state index is 0.0991. The minimum absolute atomic E-state index is 0.0991. The lowest BCUT2D eigenvalue weighted by Crippen LogP contribution is -2.54. The SMILES string of the molecule is CC(=O)N1CCN(C(=O)CN2CCN(Cc3ccc(C(C)C)cc3)CC2)CC1. The molecule has 2 aliphatic heterocycles. The summed E-state index contributed by atoms with van der Waals surface area (Å²) in [6, 6.07) is 8.96. The number of amides is 2. The smallest absolute Gasteiger partial charge is 0.236 e. The Balaban J connectivity index is 1.39. The van der Waals surface area contributed by atoms with E-state index in [1.807, 2.05) is 9.80 Å². The van der Waals surface area contributed by atoms with Gasteiger partial charge in [0.2, 0.25) is 11.8 Å². The Morgan fingerprint density at radius 1 is 0.821 bits per heavy atom. The summed E-state index contributed by atoms with van der Waals surface area (Å²) >= 11 is 0. The number of piperazine rings is 2. The van der Waals surface area contributed by atoms with Gasteiger partial charge < -0.3 is 9.80 Å². The van der Waals surface area contributed by atoms with Gasteiger partial charge in [0.1, 0.15) is 0 Å². The van der Waals surface area contributed by atoms with Gasteiger partial charge in [-0.15, -0.1) is 0 Å². The normalized spacial score (nSPS) is 19.3. The van der Waals surface area contributed by atoms with E-state index < -0.39 is 0 Å². The number of hydrogen-bond donors (Lipinski definition) is 0. The summed E-state index contributed by atoms with van der Waals surface area (Å²) in [7, 11) is 0. The fraction of sp³-hybridized carbons (Fsp3) is 0.636. The fourth-order valence-electron chi connectivity index (χ4n) is 3.93. The molecule has 1 aromatic carbocycles.